The van der Waals surface area contributed by atoms with Crippen LogP contribution in [0.25, 0.3) is 17.1 Å². The van der Waals surface area contributed by atoms with Crippen LogP contribution in [0.1, 0.15) is 16.2 Å². The third-order valence-corrected chi connectivity index (χ3v) is 4.20. The fraction of sp³-hybridized carbons (Fsp3) is 0.312. The maximum absolute atomic E-state index is 13.9. The predicted molar refractivity (Wildman–Crippen MR) is 87.2 cm³/mol. The highest BCUT2D eigenvalue weighted by Gasteiger charge is 2.34. The molecule has 10 heteroatoms. The van der Waals surface area contributed by atoms with E-state index in [-0.39, 0.29) is 22.9 Å². The van der Waals surface area contributed by atoms with E-state index in [0.717, 1.165) is 10.6 Å². The van der Waals surface area contributed by atoms with Crippen LogP contribution in [0.3, 0.4) is 0 Å². The molecule has 136 valence electrons. The summed E-state index contributed by atoms with van der Waals surface area (Å²) in [6.45, 7) is 1.67. The normalized spacial score (nSPS) is 15.6. The smallest absolute Gasteiger partial charge is 0.364 e. The molecule has 3 aromatic rings. The summed E-state index contributed by atoms with van der Waals surface area (Å²) in [5.41, 5.74) is -0.344. The molecule has 0 N–H and O–H groups in total. The van der Waals surface area contributed by atoms with Gasteiger partial charge >= 0.3 is 5.38 Å². The van der Waals surface area contributed by atoms with E-state index in [1.807, 2.05) is 0 Å². The number of fused-ring (bicyclic) bond motifs is 1. The van der Waals surface area contributed by atoms with Crippen molar-refractivity contribution in [2.75, 3.05) is 26.3 Å². The molecule has 4 rings (SSSR count). The molecule has 3 aromatic heterocycles. The summed E-state index contributed by atoms with van der Waals surface area (Å²) in [7, 11) is 0. The molecular weight excluding hydrogens is 370 g/mol. The number of aromatic nitrogens is 3. The van der Waals surface area contributed by atoms with Gasteiger partial charge < -0.3 is 14.1 Å². The van der Waals surface area contributed by atoms with Gasteiger partial charge in [-0.3, -0.25) is 4.79 Å². The Morgan fingerprint density at radius 2 is 2.04 bits per heavy atom. The van der Waals surface area contributed by atoms with Gasteiger partial charge in [0.15, 0.2) is 17.1 Å². The zero-order valence-corrected chi connectivity index (χ0v) is 14.1. The molecule has 0 unspecified atom stereocenters. The first-order chi connectivity index (χ1) is 12.4. The van der Waals surface area contributed by atoms with E-state index in [4.69, 9.17) is 20.8 Å². The quantitative estimate of drug-likeness (QED) is 0.651. The Balaban J connectivity index is 1.82. The number of furan rings is 1. The van der Waals surface area contributed by atoms with Crippen LogP contribution >= 0.6 is 11.6 Å². The second kappa shape index (κ2) is 6.33. The predicted octanol–water partition coefficient (Wildman–Crippen LogP) is 2.75. The summed E-state index contributed by atoms with van der Waals surface area (Å²) in [6.07, 6.45) is 1.41. The van der Waals surface area contributed by atoms with Crippen LogP contribution < -0.4 is 0 Å². The molecule has 0 saturated carbocycles. The van der Waals surface area contributed by atoms with Crippen molar-refractivity contribution in [3.05, 3.63) is 41.9 Å². The number of alkyl halides is 3. The van der Waals surface area contributed by atoms with E-state index < -0.39 is 11.1 Å². The Morgan fingerprint density at radius 1 is 1.27 bits per heavy atom. The number of hydrogen-bond acceptors (Lipinski definition) is 5. The first-order valence-electron chi connectivity index (χ1n) is 7.82. The average molecular weight is 383 g/mol. The van der Waals surface area contributed by atoms with Gasteiger partial charge in [0.2, 0.25) is 0 Å². The highest BCUT2D eigenvalue weighted by Crippen LogP contribution is 2.34. The molecule has 1 aliphatic rings. The van der Waals surface area contributed by atoms with Gasteiger partial charge in [-0.2, -0.15) is 13.9 Å². The lowest BCUT2D eigenvalue weighted by atomic mass is 10.2. The Kier molecular flexibility index (Phi) is 4.12. The van der Waals surface area contributed by atoms with Gasteiger partial charge in [0.05, 0.1) is 19.5 Å². The Bertz CT molecular complexity index is 946. The fourth-order valence-corrected chi connectivity index (χ4v) is 2.89. The zero-order chi connectivity index (χ0) is 18.3. The molecule has 7 nitrogen and oxygen atoms in total. The molecule has 1 aliphatic heterocycles. The molecule has 1 amide bonds. The fourth-order valence-electron chi connectivity index (χ4n) is 2.76. The maximum atomic E-state index is 13.9. The van der Waals surface area contributed by atoms with Crippen LogP contribution in [0.4, 0.5) is 8.78 Å². The van der Waals surface area contributed by atoms with Crippen molar-refractivity contribution < 1.29 is 22.7 Å². The number of morpholine rings is 1. The van der Waals surface area contributed by atoms with Gasteiger partial charge in [-0.05, 0) is 29.8 Å². The van der Waals surface area contributed by atoms with Gasteiger partial charge in [-0.25, -0.2) is 9.50 Å². The minimum atomic E-state index is -3.70. The van der Waals surface area contributed by atoms with E-state index in [2.05, 4.69) is 10.1 Å². The number of halogens is 3. The highest BCUT2D eigenvalue weighted by atomic mass is 35.5. The first kappa shape index (κ1) is 16.9. The molecule has 0 aliphatic carbocycles. The van der Waals surface area contributed by atoms with Gasteiger partial charge in [0.1, 0.15) is 11.4 Å². The lowest BCUT2D eigenvalue weighted by Crippen LogP contribution is -2.40. The van der Waals surface area contributed by atoms with E-state index in [9.17, 15) is 13.6 Å². The van der Waals surface area contributed by atoms with Gasteiger partial charge in [0.25, 0.3) is 5.91 Å². The van der Waals surface area contributed by atoms with Crippen molar-refractivity contribution in [2.24, 2.45) is 0 Å². The number of ether oxygens (including phenoxy) is 1. The summed E-state index contributed by atoms with van der Waals surface area (Å²) in [5, 5.41) is 0.303. The third-order valence-electron chi connectivity index (χ3n) is 4.01. The summed E-state index contributed by atoms with van der Waals surface area (Å²) in [6, 6.07) is 5.65. The molecule has 1 saturated heterocycles. The SMILES string of the molecule is O=C(c1cc2nc(-c3ccco3)cc(C(F)(F)Cl)n2n1)N1CCOCC1. The second-order valence-corrected chi connectivity index (χ2v) is 6.18. The number of amides is 1. The van der Waals surface area contributed by atoms with Gasteiger partial charge in [-0.15, -0.1) is 0 Å². The largest absolute Gasteiger partial charge is 0.463 e. The van der Waals surface area contributed by atoms with E-state index in [1.165, 1.54) is 12.3 Å². The molecule has 0 atom stereocenters. The molecule has 26 heavy (non-hydrogen) atoms. The van der Waals surface area contributed by atoms with Crippen molar-refractivity contribution in [1.82, 2.24) is 19.5 Å². The number of carbonyl (C=O) groups excluding carboxylic acids is 1. The average Bonchev–Trinajstić information content (AvgIpc) is 3.29. The summed E-state index contributed by atoms with van der Waals surface area (Å²) >= 11 is 5.24. The lowest BCUT2D eigenvalue weighted by Gasteiger charge is -2.25. The van der Waals surface area contributed by atoms with Crippen LogP contribution in [-0.2, 0) is 10.1 Å². The molecule has 4 heterocycles. The maximum Gasteiger partial charge on any atom is 0.364 e. The number of rotatable bonds is 3. The highest BCUT2D eigenvalue weighted by molar-refractivity contribution is 6.21. The summed E-state index contributed by atoms with van der Waals surface area (Å²) < 4.78 is 39.1. The van der Waals surface area contributed by atoms with E-state index in [1.54, 1.807) is 17.0 Å². The zero-order valence-electron chi connectivity index (χ0n) is 13.4. The topological polar surface area (TPSA) is 72.9 Å². The van der Waals surface area contributed by atoms with E-state index >= 15 is 0 Å². The van der Waals surface area contributed by atoms with Crippen molar-refractivity contribution in [3.63, 3.8) is 0 Å². The second-order valence-electron chi connectivity index (χ2n) is 5.71. The minimum absolute atomic E-state index is 0.0122. The molecule has 0 spiro atoms. The van der Waals surface area contributed by atoms with Crippen molar-refractivity contribution in [2.45, 2.75) is 5.38 Å². The molecular formula is C16H13ClF2N4O3. The standard InChI is InChI=1S/C16H13ClF2N4O3/c17-16(18,19)13-8-10(12-2-1-5-26-12)20-14-9-11(21-23(13)14)15(24)22-3-6-25-7-4-22/h1-2,5,8-9H,3-4,6-7H2. The van der Waals surface area contributed by atoms with Crippen LogP contribution in [0.15, 0.2) is 34.9 Å². The monoisotopic (exact) mass is 382 g/mol. The van der Waals surface area contributed by atoms with Crippen molar-refractivity contribution in [1.29, 1.82) is 0 Å². The van der Waals surface area contributed by atoms with Gasteiger partial charge in [0, 0.05) is 19.2 Å². The Morgan fingerprint density at radius 3 is 2.69 bits per heavy atom. The number of carbonyl (C=O) groups is 1. The number of hydrogen-bond donors (Lipinski definition) is 0. The van der Waals surface area contributed by atoms with Crippen LogP contribution in [0.5, 0.6) is 0 Å². The molecule has 0 radical (unpaired) electrons. The molecule has 1 fully saturated rings. The summed E-state index contributed by atoms with van der Waals surface area (Å²) in [5.74, 6) is -0.0703. The first-order valence-corrected chi connectivity index (χ1v) is 8.20. The Hall–Kier alpha value is -2.52. The number of nitrogens with zero attached hydrogens (tertiary/aromatic N) is 4. The summed E-state index contributed by atoms with van der Waals surface area (Å²) in [4.78, 5) is 18.4. The van der Waals surface area contributed by atoms with E-state index in [0.29, 0.717) is 32.1 Å². The lowest BCUT2D eigenvalue weighted by molar-refractivity contribution is 0.0298. The third kappa shape index (κ3) is 3.04. The van der Waals surface area contributed by atoms with Crippen molar-refractivity contribution >= 4 is 23.2 Å². The molecule has 0 bridgehead atoms. The molecule has 0 aromatic carbocycles. The van der Waals surface area contributed by atoms with Crippen molar-refractivity contribution in [3.8, 4) is 11.5 Å². The Labute approximate surface area is 151 Å². The van der Waals surface area contributed by atoms with Crippen LogP contribution in [-0.4, -0.2) is 51.7 Å². The van der Waals surface area contributed by atoms with Gasteiger partial charge in [-0.1, -0.05) is 0 Å². The minimum Gasteiger partial charge on any atom is -0.463 e. The van der Waals surface area contributed by atoms with Crippen LogP contribution in [0, 0.1) is 0 Å². The van der Waals surface area contributed by atoms with Crippen LogP contribution in [0.2, 0.25) is 0 Å².